The van der Waals surface area contributed by atoms with Crippen molar-refractivity contribution in [2.24, 2.45) is 11.8 Å². The Morgan fingerprint density at radius 1 is 0.926 bits per heavy atom. The van der Waals surface area contributed by atoms with Gasteiger partial charge in [-0.1, -0.05) is 39.8 Å². The van der Waals surface area contributed by atoms with Crippen molar-refractivity contribution in [3.05, 3.63) is 35.4 Å². The van der Waals surface area contributed by atoms with Crippen molar-refractivity contribution in [1.29, 1.82) is 0 Å². The van der Waals surface area contributed by atoms with Gasteiger partial charge in [0, 0.05) is 24.6 Å². The van der Waals surface area contributed by atoms with E-state index in [2.05, 4.69) is 19.2 Å². The molecule has 0 atom stereocenters. The fourth-order valence-electron chi connectivity index (χ4n) is 2.06. The summed E-state index contributed by atoms with van der Waals surface area (Å²) in [7, 11) is 0. The van der Waals surface area contributed by atoms with Gasteiger partial charge in [-0.15, -0.1) is 0 Å². The first-order valence-corrected chi connectivity index (χ1v) is 9.53. The van der Waals surface area contributed by atoms with Crippen LogP contribution >= 0.6 is 0 Å². The number of carbonyl (C=O) groups is 2. The number of hydrogen-bond donors (Lipinski definition) is 1. The van der Waals surface area contributed by atoms with Crippen molar-refractivity contribution >= 4 is 11.7 Å². The normalized spacial score (nSPS) is 11.2. The third kappa shape index (κ3) is 10.9. The Bertz CT molecular complexity index is 554. The molecule has 6 heteroatoms. The minimum Gasteiger partial charge on any atom is -0.377 e. The Hall–Kier alpha value is -1.76. The van der Waals surface area contributed by atoms with Crippen LogP contribution in [0.5, 0.6) is 0 Å². The van der Waals surface area contributed by atoms with Crippen molar-refractivity contribution in [3.63, 3.8) is 0 Å². The molecular weight excluding hydrogens is 346 g/mol. The van der Waals surface area contributed by atoms with Gasteiger partial charge in [0.25, 0.3) is 5.91 Å². The van der Waals surface area contributed by atoms with Crippen LogP contribution in [0.15, 0.2) is 24.3 Å². The number of benzene rings is 1. The molecule has 1 rings (SSSR count). The summed E-state index contributed by atoms with van der Waals surface area (Å²) in [5.41, 5.74) is 1.66. The molecule has 1 amide bonds. The first-order valence-electron chi connectivity index (χ1n) is 9.53. The van der Waals surface area contributed by atoms with Gasteiger partial charge in [-0.2, -0.15) is 0 Å². The highest BCUT2D eigenvalue weighted by molar-refractivity contribution is 5.94. The lowest BCUT2D eigenvalue weighted by Gasteiger charge is -2.09. The van der Waals surface area contributed by atoms with E-state index in [4.69, 9.17) is 14.2 Å². The van der Waals surface area contributed by atoms with E-state index < -0.39 is 0 Å². The van der Waals surface area contributed by atoms with E-state index in [0.29, 0.717) is 44.5 Å². The molecule has 0 aliphatic carbocycles. The molecule has 152 valence electrons. The van der Waals surface area contributed by atoms with Crippen molar-refractivity contribution in [3.8, 4) is 0 Å². The SMILES string of the molecule is CC(C)COCc1ccc(C(=O)NCCOCCOCC(=O)C(C)C)cc1. The molecule has 0 fully saturated rings. The highest BCUT2D eigenvalue weighted by atomic mass is 16.5. The van der Waals surface area contributed by atoms with Crippen LogP contribution < -0.4 is 5.32 Å². The Morgan fingerprint density at radius 2 is 1.59 bits per heavy atom. The van der Waals surface area contributed by atoms with E-state index in [1.807, 2.05) is 26.0 Å². The van der Waals surface area contributed by atoms with Crippen LogP contribution in [-0.2, 0) is 25.6 Å². The van der Waals surface area contributed by atoms with Gasteiger partial charge in [0.1, 0.15) is 6.61 Å². The molecule has 27 heavy (non-hydrogen) atoms. The van der Waals surface area contributed by atoms with Crippen LogP contribution in [0.25, 0.3) is 0 Å². The number of nitrogens with one attached hydrogen (secondary N) is 1. The van der Waals surface area contributed by atoms with Crippen molar-refractivity contribution in [1.82, 2.24) is 5.32 Å². The predicted molar refractivity (Wildman–Crippen MR) is 105 cm³/mol. The van der Waals surface area contributed by atoms with Crippen LogP contribution in [0.3, 0.4) is 0 Å². The maximum Gasteiger partial charge on any atom is 0.251 e. The monoisotopic (exact) mass is 379 g/mol. The standard InChI is InChI=1S/C21H33NO5/c1-16(2)13-27-14-18-5-7-19(8-6-18)21(24)22-9-10-25-11-12-26-15-20(23)17(3)4/h5-8,16-17H,9-15H2,1-4H3,(H,22,24). The van der Waals surface area contributed by atoms with Crippen LogP contribution in [0.2, 0.25) is 0 Å². The highest BCUT2D eigenvalue weighted by Crippen LogP contribution is 2.07. The average Bonchev–Trinajstić information content (AvgIpc) is 2.63. The summed E-state index contributed by atoms with van der Waals surface area (Å²) in [6, 6.07) is 7.40. The Balaban J connectivity index is 2.12. The van der Waals surface area contributed by atoms with Crippen molar-refractivity contribution in [2.45, 2.75) is 34.3 Å². The van der Waals surface area contributed by atoms with Gasteiger partial charge >= 0.3 is 0 Å². The second kappa shape index (κ2) is 13.4. The summed E-state index contributed by atoms with van der Waals surface area (Å²) in [5, 5.41) is 2.81. The smallest absolute Gasteiger partial charge is 0.251 e. The number of ketones is 1. The van der Waals surface area contributed by atoms with Gasteiger partial charge in [-0.05, 0) is 23.6 Å². The second-order valence-electron chi connectivity index (χ2n) is 7.15. The Kier molecular flexibility index (Phi) is 11.6. The topological polar surface area (TPSA) is 73.9 Å². The lowest BCUT2D eigenvalue weighted by Crippen LogP contribution is -2.27. The zero-order chi connectivity index (χ0) is 20.1. The molecular formula is C21H33NO5. The van der Waals surface area contributed by atoms with Gasteiger partial charge in [0.15, 0.2) is 5.78 Å². The van der Waals surface area contributed by atoms with Crippen molar-refractivity contribution in [2.75, 3.05) is 39.6 Å². The van der Waals surface area contributed by atoms with Gasteiger partial charge in [0.2, 0.25) is 0 Å². The van der Waals surface area contributed by atoms with Crippen LogP contribution in [0, 0.1) is 11.8 Å². The maximum absolute atomic E-state index is 12.1. The fourth-order valence-corrected chi connectivity index (χ4v) is 2.06. The van der Waals surface area contributed by atoms with E-state index >= 15 is 0 Å². The maximum atomic E-state index is 12.1. The summed E-state index contributed by atoms with van der Waals surface area (Å²) in [5.74, 6) is 0.445. The zero-order valence-corrected chi connectivity index (χ0v) is 17.0. The predicted octanol–water partition coefficient (Wildman–Crippen LogP) is 2.85. The minimum absolute atomic E-state index is 0.0113. The summed E-state index contributed by atoms with van der Waals surface area (Å²) < 4.78 is 16.2. The summed E-state index contributed by atoms with van der Waals surface area (Å²) >= 11 is 0. The Labute approximate surface area is 162 Å². The molecule has 1 aromatic carbocycles. The van der Waals surface area contributed by atoms with Gasteiger partial charge in [-0.25, -0.2) is 0 Å². The molecule has 0 spiro atoms. The second-order valence-corrected chi connectivity index (χ2v) is 7.15. The van der Waals surface area contributed by atoms with Crippen LogP contribution in [-0.4, -0.2) is 51.3 Å². The van der Waals surface area contributed by atoms with Gasteiger partial charge < -0.3 is 19.5 Å². The van der Waals surface area contributed by atoms with E-state index in [9.17, 15) is 9.59 Å². The van der Waals surface area contributed by atoms with Gasteiger partial charge in [0.05, 0.1) is 26.4 Å². The highest BCUT2D eigenvalue weighted by Gasteiger charge is 2.07. The van der Waals surface area contributed by atoms with Gasteiger partial charge in [-0.3, -0.25) is 9.59 Å². The van der Waals surface area contributed by atoms with Crippen LogP contribution in [0.1, 0.15) is 43.6 Å². The first-order chi connectivity index (χ1) is 12.9. The first kappa shape index (κ1) is 23.3. The molecule has 0 aromatic heterocycles. The van der Waals surface area contributed by atoms with Crippen LogP contribution in [0.4, 0.5) is 0 Å². The average molecular weight is 379 g/mol. The molecule has 0 aliphatic rings. The number of carbonyl (C=O) groups excluding carboxylic acids is 2. The minimum atomic E-state index is -0.132. The summed E-state index contributed by atoms with van der Waals surface area (Å²) in [4.78, 5) is 23.4. The molecule has 0 saturated carbocycles. The third-order valence-electron chi connectivity index (χ3n) is 3.73. The molecule has 0 unspecified atom stereocenters. The molecule has 1 aromatic rings. The molecule has 0 heterocycles. The number of hydrogen-bond acceptors (Lipinski definition) is 5. The number of Topliss-reactive ketones (excluding diaryl/α,β-unsaturated/α-hetero) is 1. The molecule has 1 N–H and O–H groups in total. The number of rotatable bonds is 14. The molecule has 0 aliphatic heterocycles. The molecule has 0 saturated heterocycles. The molecule has 0 bridgehead atoms. The van der Waals surface area contributed by atoms with E-state index in [1.54, 1.807) is 12.1 Å². The summed E-state index contributed by atoms with van der Waals surface area (Å²) in [6.45, 7) is 10.9. The zero-order valence-electron chi connectivity index (χ0n) is 17.0. The number of amides is 1. The third-order valence-corrected chi connectivity index (χ3v) is 3.73. The lowest BCUT2D eigenvalue weighted by molar-refractivity contribution is -0.127. The number of ether oxygens (including phenoxy) is 3. The molecule has 6 nitrogen and oxygen atoms in total. The quantitative estimate of drug-likeness (QED) is 0.503. The van der Waals surface area contributed by atoms with E-state index in [-0.39, 0.29) is 24.2 Å². The lowest BCUT2D eigenvalue weighted by atomic mass is 10.1. The molecule has 0 radical (unpaired) electrons. The Morgan fingerprint density at radius 3 is 2.22 bits per heavy atom. The van der Waals surface area contributed by atoms with E-state index in [1.165, 1.54) is 0 Å². The fraction of sp³-hybridized carbons (Fsp3) is 0.619. The van der Waals surface area contributed by atoms with E-state index in [0.717, 1.165) is 12.2 Å². The van der Waals surface area contributed by atoms with Crippen molar-refractivity contribution < 1.29 is 23.8 Å². The summed E-state index contributed by atoms with van der Waals surface area (Å²) in [6.07, 6.45) is 0. The largest absolute Gasteiger partial charge is 0.377 e.